The van der Waals surface area contributed by atoms with Gasteiger partial charge < -0.3 is 10.1 Å². The molecule has 1 atom stereocenters. The van der Waals surface area contributed by atoms with E-state index in [1.165, 1.54) is 0 Å². The van der Waals surface area contributed by atoms with Gasteiger partial charge in [0.05, 0.1) is 5.39 Å². The number of anilines is 1. The molecule has 4 nitrogen and oxygen atoms in total. The van der Waals surface area contributed by atoms with Crippen LogP contribution in [0.5, 0.6) is 0 Å². The number of aromatic nitrogens is 2. The Morgan fingerprint density at radius 3 is 2.89 bits per heavy atom. The minimum Gasteiger partial charge on any atom is -0.372 e. The number of nitrogens with zero attached hydrogens (tertiary/aromatic N) is 2. The highest BCUT2D eigenvalue weighted by Crippen LogP contribution is 2.28. The number of rotatable bonds is 6. The number of hydrogen-bond donors (Lipinski definition) is 1. The van der Waals surface area contributed by atoms with Crippen molar-refractivity contribution in [1.82, 2.24) is 9.97 Å². The molecule has 18 heavy (non-hydrogen) atoms. The standard InChI is InChI=1S/C13H19N3OS/c1-4-6-10(17-5-2)12-15-11(14-3)9-7-8-18-13(9)16-12/h7-8,10H,4-6H2,1-3H3,(H,14,15,16). The van der Waals surface area contributed by atoms with Crippen LogP contribution in [0.25, 0.3) is 10.2 Å². The van der Waals surface area contributed by atoms with Gasteiger partial charge in [-0.15, -0.1) is 11.3 Å². The molecular formula is C13H19N3OS. The van der Waals surface area contributed by atoms with Crippen LogP contribution in [0.4, 0.5) is 5.82 Å². The van der Waals surface area contributed by atoms with Crippen LogP contribution < -0.4 is 5.32 Å². The van der Waals surface area contributed by atoms with Gasteiger partial charge in [0.25, 0.3) is 0 Å². The lowest BCUT2D eigenvalue weighted by Gasteiger charge is -2.15. The van der Waals surface area contributed by atoms with Crippen molar-refractivity contribution < 1.29 is 4.74 Å². The molecule has 0 saturated heterocycles. The average Bonchev–Trinajstić information content (AvgIpc) is 2.85. The van der Waals surface area contributed by atoms with E-state index >= 15 is 0 Å². The summed E-state index contributed by atoms with van der Waals surface area (Å²) >= 11 is 1.64. The zero-order valence-electron chi connectivity index (χ0n) is 11.1. The lowest BCUT2D eigenvalue weighted by Crippen LogP contribution is -2.10. The molecule has 0 aromatic carbocycles. The van der Waals surface area contributed by atoms with Crippen molar-refractivity contribution in [2.45, 2.75) is 32.8 Å². The molecule has 2 aromatic rings. The third-order valence-corrected chi connectivity index (χ3v) is 3.59. The summed E-state index contributed by atoms with van der Waals surface area (Å²) in [5.74, 6) is 1.68. The van der Waals surface area contributed by atoms with E-state index in [0.29, 0.717) is 6.61 Å². The SMILES string of the molecule is CCCC(OCC)c1nc(NC)c2ccsc2n1. The predicted molar refractivity (Wildman–Crippen MR) is 76.2 cm³/mol. The summed E-state index contributed by atoms with van der Waals surface area (Å²) in [6.07, 6.45) is 2.01. The third kappa shape index (κ3) is 2.62. The molecule has 2 aromatic heterocycles. The summed E-state index contributed by atoms with van der Waals surface area (Å²) in [6.45, 7) is 4.84. The van der Waals surface area contributed by atoms with Gasteiger partial charge in [-0.3, -0.25) is 0 Å². The topological polar surface area (TPSA) is 47.0 Å². The monoisotopic (exact) mass is 265 g/mol. The molecule has 98 valence electrons. The lowest BCUT2D eigenvalue weighted by atomic mass is 10.2. The van der Waals surface area contributed by atoms with E-state index in [1.54, 1.807) is 11.3 Å². The highest BCUT2D eigenvalue weighted by molar-refractivity contribution is 7.16. The normalized spacial score (nSPS) is 12.8. The number of ether oxygens (including phenoxy) is 1. The van der Waals surface area contributed by atoms with Crippen molar-refractivity contribution in [1.29, 1.82) is 0 Å². The van der Waals surface area contributed by atoms with Gasteiger partial charge in [-0.2, -0.15) is 0 Å². The molecule has 0 saturated carbocycles. The molecule has 0 radical (unpaired) electrons. The summed E-state index contributed by atoms with van der Waals surface area (Å²) in [6, 6.07) is 2.05. The summed E-state index contributed by atoms with van der Waals surface area (Å²) in [7, 11) is 1.89. The Hall–Kier alpha value is -1.20. The van der Waals surface area contributed by atoms with Crippen LogP contribution in [-0.2, 0) is 4.74 Å². The van der Waals surface area contributed by atoms with E-state index in [0.717, 1.165) is 34.7 Å². The molecule has 0 fully saturated rings. The Labute approximate surface area is 111 Å². The summed E-state index contributed by atoms with van der Waals surface area (Å²) in [5, 5.41) is 6.26. The van der Waals surface area contributed by atoms with E-state index < -0.39 is 0 Å². The minimum atomic E-state index is -0.00130. The Morgan fingerprint density at radius 1 is 1.39 bits per heavy atom. The zero-order valence-corrected chi connectivity index (χ0v) is 11.9. The van der Waals surface area contributed by atoms with Gasteiger partial charge in [-0.05, 0) is 24.8 Å². The van der Waals surface area contributed by atoms with Crippen molar-refractivity contribution in [3.63, 3.8) is 0 Å². The maximum Gasteiger partial charge on any atom is 0.161 e. The van der Waals surface area contributed by atoms with E-state index in [-0.39, 0.29) is 6.10 Å². The van der Waals surface area contributed by atoms with E-state index in [9.17, 15) is 0 Å². The van der Waals surface area contributed by atoms with Crippen LogP contribution in [-0.4, -0.2) is 23.6 Å². The largest absolute Gasteiger partial charge is 0.372 e. The second-order valence-electron chi connectivity index (χ2n) is 4.05. The third-order valence-electron chi connectivity index (χ3n) is 2.79. The quantitative estimate of drug-likeness (QED) is 0.866. The van der Waals surface area contributed by atoms with Crippen molar-refractivity contribution in [3.05, 3.63) is 17.3 Å². The smallest absolute Gasteiger partial charge is 0.161 e. The van der Waals surface area contributed by atoms with E-state index in [1.807, 2.05) is 25.4 Å². The Balaban J connectivity index is 2.41. The van der Waals surface area contributed by atoms with Crippen molar-refractivity contribution in [2.75, 3.05) is 19.0 Å². The minimum absolute atomic E-state index is 0.00130. The predicted octanol–water partition coefficient (Wildman–Crippen LogP) is 3.61. The van der Waals surface area contributed by atoms with Gasteiger partial charge in [-0.25, -0.2) is 9.97 Å². The van der Waals surface area contributed by atoms with Crippen molar-refractivity contribution >= 4 is 27.4 Å². The molecule has 0 aliphatic carbocycles. The van der Waals surface area contributed by atoms with Crippen LogP contribution >= 0.6 is 11.3 Å². The average molecular weight is 265 g/mol. The maximum atomic E-state index is 5.75. The first-order valence-corrected chi connectivity index (χ1v) is 7.22. The molecule has 0 spiro atoms. The van der Waals surface area contributed by atoms with Gasteiger partial charge >= 0.3 is 0 Å². The first-order chi connectivity index (χ1) is 8.80. The highest BCUT2D eigenvalue weighted by atomic mass is 32.1. The molecule has 0 aliphatic heterocycles. The van der Waals surface area contributed by atoms with Crippen LogP contribution in [0.1, 0.15) is 38.6 Å². The van der Waals surface area contributed by atoms with Gasteiger partial charge in [-0.1, -0.05) is 13.3 Å². The van der Waals surface area contributed by atoms with Crippen molar-refractivity contribution in [3.8, 4) is 0 Å². The molecule has 0 amide bonds. The van der Waals surface area contributed by atoms with Crippen LogP contribution in [0, 0.1) is 0 Å². The molecule has 5 heteroatoms. The second kappa shape index (κ2) is 6.11. The van der Waals surface area contributed by atoms with Crippen LogP contribution in [0.3, 0.4) is 0 Å². The fraction of sp³-hybridized carbons (Fsp3) is 0.538. The van der Waals surface area contributed by atoms with Gasteiger partial charge in [0.2, 0.25) is 0 Å². The molecule has 0 aliphatic rings. The van der Waals surface area contributed by atoms with Crippen LogP contribution in [0.15, 0.2) is 11.4 Å². The molecule has 2 heterocycles. The molecule has 1 unspecified atom stereocenters. The lowest BCUT2D eigenvalue weighted by molar-refractivity contribution is 0.0497. The van der Waals surface area contributed by atoms with Crippen LogP contribution in [0.2, 0.25) is 0 Å². The fourth-order valence-electron chi connectivity index (χ4n) is 1.96. The zero-order chi connectivity index (χ0) is 13.0. The number of nitrogens with one attached hydrogen (secondary N) is 1. The summed E-state index contributed by atoms with van der Waals surface area (Å²) in [4.78, 5) is 10.2. The van der Waals surface area contributed by atoms with E-state index in [2.05, 4.69) is 22.2 Å². The second-order valence-corrected chi connectivity index (χ2v) is 4.95. The highest BCUT2D eigenvalue weighted by Gasteiger charge is 2.17. The summed E-state index contributed by atoms with van der Waals surface area (Å²) < 4.78 is 5.75. The maximum absolute atomic E-state index is 5.75. The van der Waals surface area contributed by atoms with Gasteiger partial charge in [0, 0.05) is 13.7 Å². The Morgan fingerprint density at radius 2 is 2.22 bits per heavy atom. The first-order valence-electron chi connectivity index (χ1n) is 6.34. The summed E-state index contributed by atoms with van der Waals surface area (Å²) in [5.41, 5.74) is 0. The molecular weight excluding hydrogens is 246 g/mol. The molecule has 1 N–H and O–H groups in total. The molecule has 0 bridgehead atoms. The van der Waals surface area contributed by atoms with E-state index in [4.69, 9.17) is 4.74 Å². The first kappa shape index (κ1) is 13.2. The number of hydrogen-bond acceptors (Lipinski definition) is 5. The molecule has 2 rings (SSSR count). The van der Waals surface area contributed by atoms with Gasteiger partial charge in [0.15, 0.2) is 5.82 Å². The number of fused-ring (bicyclic) bond motifs is 1. The van der Waals surface area contributed by atoms with Crippen molar-refractivity contribution in [2.24, 2.45) is 0 Å². The Kier molecular flexibility index (Phi) is 4.49. The Bertz CT molecular complexity index is 506. The van der Waals surface area contributed by atoms with Gasteiger partial charge in [0.1, 0.15) is 16.8 Å². The number of thiophene rings is 1. The fourth-order valence-corrected chi connectivity index (χ4v) is 2.73.